The lowest BCUT2D eigenvalue weighted by atomic mass is 10.1. The number of carboxylic acids is 1. The van der Waals surface area contributed by atoms with Crippen molar-refractivity contribution in [3.63, 3.8) is 0 Å². The minimum atomic E-state index is -1.06. The molecule has 0 bridgehead atoms. The monoisotopic (exact) mass is 369 g/mol. The summed E-state index contributed by atoms with van der Waals surface area (Å²) in [6, 6.07) is 16.4. The van der Waals surface area contributed by atoms with E-state index in [4.69, 9.17) is 14.6 Å². The number of rotatable bonds is 8. The summed E-state index contributed by atoms with van der Waals surface area (Å²) in [5, 5.41) is 8.75. The molecule has 1 fully saturated rings. The maximum Gasteiger partial charge on any atom is 0.341 e. The van der Waals surface area contributed by atoms with Crippen molar-refractivity contribution in [2.24, 2.45) is 0 Å². The average molecular weight is 369 g/mol. The van der Waals surface area contributed by atoms with Gasteiger partial charge in [0.2, 0.25) is 0 Å². The summed E-state index contributed by atoms with van der Waals surface area (Å²) in [5.41, 5.74) is 1.51. The Morgan fingerprint density at radius 3 is 2.67 bits per heavy atom. The highest BCUT2D eigenvalue weighted by atomic mass is 16.5. The number of nitrogens with zero attached hydrogens (tertiary/aromatic N) is 1. The molecule has 0 aromatic heterocycles. The largest absolute Gasteiger partial charge is 0.482 e. The lowest BCUT2D eigenvalue weighted by molar-refractivity contribution is -0.139. The molecule has 0 saturated carbocycles. The fourth-order valence-electron chi connectivity index (χ4n) is 3.10. The highest BCUT2D eigenvalue weighted by Crippen LogP contribution is 2.19. The molecule has 1 aliphatic rings. The Bertz CT molecular complexity index is 771. The summed E-state index contributed by atoms with van der Waals surface area (Å²) in [6.07, 6.45) is 2.00. The van der Waals surface area contributed by atoms with Crippen LogP contribution in [0, 0.1) is 0 Å². The van der Waals surface area contributed by atoms with Crippen LogP contribution >= 0.6 is 0 Å². The van der Waals surface area contributed by atoms with Crippen LogP contribution in [0.1, 0.15) is 28.8 Å². The van der Waals surface area contributed by atoms with Crippen molar-refractivity contribution in [1.29, 1.82) is 0 Å². The van der Waals surface area contributed by atoms with Gasteiger partial charge in [-0.15, -0.1) is 0 Å². The second-order valence-corrected chi connectivity index (χ2v) is 6.52. The van der Waals surface area contributed by atoms with Crippen molar-refractivity contribution in [1.82, 2.24) is 4.90 Å². The van der Waals surface area contributed by atoms with E-state index in [1.807, 2.05) is 30.3 Å². The molecule has 1 unspecified atom stereocenters. The Hall–Kier alpha value is -2.86. The van der Waals surface area contributed by atoms with Gasteiger partial charge in [-0.3, -0.25) is 4.79 Å². The maximum absolute atomic E-state index is 13.1. The van der Waals surface area contributed by atoms with Gasteiger partial charge in [0.05, 0.1) is 6.10 Å². The molecular weight excluding hydrogens is 346 g/mol. The number of hydrogen-bond donors (Lipinski definition) is 1. The first kappa shape index (κ1) is 18.9. The molecule has 1 N–H and O–H groups in total. The average Bonchev–Trinajstić information content (AvgIpc) is 3.19. The number of amides is 1. The predicted molar refractivity (Wildman–Crippen MR) is 99.7 cm³/mol. The van der Waals surface area contributed by atoms with Gasteiger partial charge in [0.1, 0.15) is 5.75 Å². The first-order valence-electron chi connectivity index (χ1n) is 9.01. The van der Waals surface area contributed by atoms with Crippen LogP contribution in [0.25, 0.3) is 0 Å². The molecule has 0 radical (unpaired) electrons. The van der Waals surface area contributed by atoms with Crippen LogP contribution in [0.4, 0.5) is 0 Å². The smallest absolute Gasteiger partial charge is 0.341 e. The van der Waals surface area contributed by atoms with Crippen molar-refractivity contribution in [2.75, 3.05) is 19.8 Å². The molecule has 1 saturated heterocycles. The Balaban J connectivity index is 1.76. The Morgan fingerprint density at radius 1 is 1.15 bits per heavy atom. The second kappa shape index (κ2) is 9.19. The highest BCUT2D eigenvalue weighted by Gasteiger charge is 2.24. The van der Waals surface area contributed by atoms with Crippen molar-refractivity contribution in [3.05, 3.63) is 65.7 Å². The molecule has 6 nitrogen and oxygen atoms in total. The van der Waals surface area contributed by atoms with Crippen molar-refractivity contribution in [2.45, 2.75) is 25.5 Å². The van der Waals surface area contributed by atoms with Crippen LogP contribution in [0.3, 0.4) is 0 Å². The summed E-state index contributed by atoms with van der Waals surface area (Å²) in [7, 11) is 0. The topological polar surface area (TPSA) is 76.1 Å². The minimum absolute atomic E-state index is 0.0455. The highest BCUT2D eigenvalue weighted by molar-refractivity contribution is 5.94. The van der Waals surface area contributed by atoms with E-state index in [1.165, 1.54) is 0 Å². The number of carbonyl (C=O) groups excluding carboxylic acids is 1. The van der Waals surface area contributed by atoms with Crippen molar-refractivity contribution >= 4 is 11.9 Å². The molecule has 6 heteroatoms. The molecule has 1 amide bonds. The van der Waals surface area contributed by atoms with Crippen LogP contribution < -0.4 is 4.74 Å². The number of ether oxygens (including phenoxy) is 2. The zero-order valence-corrected chi connectivity index (χ0v) is 15.0. The fourth-order valence-corrected chi connectivity index (χ4v) is 3.10. The Labute approximate surface area is 158 Å². The summed E-state index contributed by atoms with van der Waals surface area (Å²) < 4.78 is 10.9. The van der Waals surface area contributed by atoms with Gasteiger partial charge >= 0.3 is 5.97 Å². The van der Waals surface area contributed by atoms with Crippen molar-refractivity contribution in [3.8, 4) is 5.75 Å². The zero-order valence-electron chi connectivity index (χ0n) is 15.0. The normalized spacial score (nSPS) is 16.1. The number of carboxylic acid groups (broad SMARTS) is 1. The number of benzene rings is 2. The maximum atomic E-state index is 13.1. The molecule has 1 heterocycles. The van der Waals surface area contributed by atoms with E-state index >= 15 is 0 Å². The number of hydrogen-bond acceptors (Lipinski definition) is 4. The minimum Gasteiger partial charge on any atom is -0.482 e. The Kier molecular flexibility index (Phi) is 6.44. The van der Waals surface area contributed by atoms with Gasteiger partial charge in [-0.1, -0.05) is 36.4 Å². The molecule has 27 heavy (non-hydrogen) atoms. The summed E-state index contributed by atoms with van der Waals surface area (Å²) in [4.78, 5) is 25.6. The van der Waals surface area contributed by atoms with Gasteiger partial charge < -0.3 is 19.5 Å². The molecule has 2 aromatic rings. The van der Waals surface area contributed by atoms with E-state index in [2.05, 4.69) is 0 Å². The number of aliphatic carboxylic acids is 1. The first-order chi connectivity index (χ1) is 13.1. The lowest BCUT2D eigenvalue weighted by Gasteiger charge is -2.26. The van der Waals surface area contributed by atoms with Gasteiger partial charge in [0.25, 0.3) is 5.91 Å². The summed E-state index contributed by atoms with van der Waals surface area (Å²) in [5.74, 6) is -0.828. The Morgan fingerprint density at radius 2 is 1.96 bits per heavy atom. The van der Waals surface area contributed by atoms with Crippen LogP contribution in [0.2, 0.25) is 0 Å². The van der Waals surface area contributed by atoms with Crippen molar-refractivity contribution < 1.29 is 24.2 Å². The van der Waals surface area contributed by atoms with Gasteiger partial charge in [0.15, 0.2) is 6.61 Å². The molecular formula is C21H23NO5. The lowest BCUT2D eigenvalue weighted by Crippen LogP contribution is -2.37. The van der Waals surface area contributed by atoms with Gasteiger partial charge in [0, 0.05) is 25.3 Å². The molecule has 1 aliphatic heterocycles. The molecule has 0 spiro atoms. The van der Waals surface area contributed by atoms with Crippen LogP contribution in [0.5, 0.6) is 5.75 Å². The summed E-state index contributed by atoms with van der Waals surface area (Å²) in [6.45, 7) is 1.30. The van der Waals surface area contributed by atoms with Crippen LogP contribution in [-0.2, 0) is 16.1 Å². The van der Waals surface area contributed by atoms with Gasteiger partial charge in [-0.2, -0.15) is 0 Å². The van der Waals surface area contributed by atoms with E-state index < -0.39 is 12.6 Å². The van der Waals surface area contributed by atoms with E-state index in [9.17, 15) is 9.59 Å². The number of carbonyl (C=O) groups is 2. The van der Waals surface area contributed by atoms with E-state index in [-0.39, 0.29) is 12.0 Å². The zero-order chi connectivity index (χ0) is 19.1. The molecule has 142 valence electrons. The second-order valence-electron chi connectivity index (χ2n) is 6.52. The van der Waals surface area contributed by atoms with E-state index in [0.717, 1.165) is 25.0 Å². The fraction of sp³-hybridized carbons (Fsp3) is 0.333. The van der Waals surface area contributed by atoms with E-state index in [0.29, 0.717) is 24.4 Å². The third kappa shape index (κ3) is 5.56. The molecule has 0 aliphatic carbocycles. The molecule has 2 aromatic carbocycles. The quantitative estimate of drug-likeness (QED) is 0.774. The third-order valence-electron chi connectivity index (χ3n) is 4.39. The molecule has 3 rings (SSSR count). The van der Waals surface area contributed by atoms with Crippen LogP contribution in [0.15, 0.2) is 54.6 Å². The first-order valence-corrected chi connectivity index (χ1v) is 9.01. The van der Waals surface area contributed by atoms with Gasteiger partial charge in [-0.05, 0) is 36.6 Å². The summed E-state index contributed by atoms with van der Waals surface area (Å²) >= 11 is 0. The standard InChI is InChI=1S/C21H23NO5/c23-20(24)15-27-18-9-4-8-17(12-18)21(25)22(14-19-10-5-11-26-19)13-16-6-2-1-3-7-16/h1-4,6-9,12,19H,5,10-11,13-15H2,(H,23,24). The van der Waals surface area contributed by atoms with E-state index in [1.54, 1.807) is 29.2 Å². The SMILES string of the molecule is O=C(O)COc1cccc(C(=O)N(Cc2ccccc2)CC2CCCO2)c1. The van der Waals surface area contributed by atoms with Gasteiger partial charge in [-0.25, -0.2) is 4.79 Å². The molecule has 1 atom stereocenters. The predicted octanol–water partition coefficient (Wildman–Crippen LogP) is 2.97. The van der Waals surface area contributed by atoms with Crippen LogP contribution in [-0.4, -0.2) is 47.7 Å². The third-order valence-corrected chi connectivity index (χ3v) is 4.39.